The summed E-state index contributed by atoms with van der Waals surface area (Å²) in [7, 11) is 2.03. The molecule has 1 saturated heterocycles. The van der Waals surface area contributed by atoms with Crippen molar-refractivity contribution in [2.75, 3.05) is 40.0 Å². The Bertz CT molecular complexity index is 533. The highest BCUT2D eigenvalue weighted by Gasteiger charge is 2.15. The summed E-state index contributed by atoms with van der Waals surface area (Å²) in [5.41, 5.74) is 1.09. The van der Waals surface area contributed by atoms with Gasteiger partial charge < -0.3 is 19.7 Å². The van der Waals surface area contributed by atoms with E-state index in [9.17, 15) is 0 Å². The Morgan fingerprint density at radius 1 is 1.44 bits per heavy atom. The Hall–Kier alpha value is -1.30. The molecule has 0 amide bonds. The van der Waals surface area contributed by atoms with Gasteiger partial charge in [0.15, 0.2) is 5.96 Å². The number of ether oxygens (including phenoxy) is 2. The summed E-state index contributed by atoms with van der Waals surface area (Å²) in [5.74, 6) is 0.890. The molecule has 1 aliphatic rings. The van der Waals surface area contributed by atoms with Crippen molar-refractivity contribution in [1.29, 1.82) is 0 Å². The third-order valence-electron chi connectivity index (χ3n) is 4.10. The molecule has 1 fully saturated rings. The van der Waals surface area contributed by atoms with Gasteiger partial charge in [0.25, 0.3) is 0 Å². The van der Waals surface area contributed by atoms with Crippen molar-refractivity contribution >= 4 is 17.6 Å². The van der Waals surface area contributed by atoms with Crippen LogP contribution >= 0.6 is 11.6 Å². The maximum absolute atomic E-state index is 6.25. The minimum atomic E-state index is 0.294. The van der Waals surface area contributed by atoms with E-state index >= 15 is 0 Å². The highest BCUT2D eigenvalue weighted by molar-refractivity contribution is 6.31. The standard InChI is InChI=1S/C19H30ClN3O2/c1-3-21-19(23(2)14-16-8-4-5-10-18(16)20)22-11-7-12-24-15-17-9-6-13-25-17/h4-5,8,10,17H,3,6-7,9,11-15H2,1-2H3,(H,21,22). The molecular formula is C19H30ClN3O2. The van der Waals surface area contributed by atoms with Crippen LogP contribution in [-0.2, 0) is 16.0 Å². The predicted octanol–water partition coefficient (Wildman–Crippen LogP) is 3.32. The fraction of sp³-hybridized carbons (Fsp3) is 0.632. The van der Waals surface area contributed by atoms with E-state index in [1.807, 2.05) is 31.3 Å². The van der Waals surface area contributed by atoms with Crippen LogP contribution in [0.25, 0.3) is 0 Å². The van der Waals surface area contributed by atoms with Crippen LogP contribution < -0.4 is 5.32 Å². The van der Waals surface area contributed by atoms with Crippen molar-refractivity contribution in [3.05, 3.63) is 34.9 Å². The van der Waals surface area contributed by atoms with E-state index < -0.39 is 0 Å². The van der Waals surface area contributed by atoms with Crippen LogP contribution in [0.15, 0.2) is 29.3 Å². The number of guanidine groups is 1. The summed E-state index contributed by atoms with van der Waals surface area (Å²) in [4.78, 5) is 6.78. The van der Waals surface area contributed by atoms with Gasteiger partial charge in [0, 0.05) is 44.9 Å². The first-order valence-electron chi connectivity index (χ1n) is 9.13. The zero-order valence-electron chi connectivity index (χ0n) is 15.3. The normalized spacial score (nSPS) is 17.7. The van der Waals surface area contributed by atoms with Crippen molar-refractivity contribution in [2.45, 2.75) is 38.8 Å². The highest BCUT2D eigenvalue weighted by atomic mass is 35.5. The van der Waals surface area contributed by atoms with E-state index in [0.717, 1.165) is 68.7 Å². The highest BCUT2D eigenvalue weighted by Crippen LogP contribution is 2.16. The van der Waals surface area contributed by atoms with Crippen molar-refractivity contribution in [1.82, 2.24) is 10.2 Å². The molecule has 1 heterocycles. The lowest BCUT2D eigenvalue weighted by atomic mass is 10.2. The van der Waals surface area contributed by atoms with Crippen molar-refractivity contribution < 1.29 is 9.47 Å². The number of nitrogens with zero attached hydrogens (tertiary/aromatic N) is 2. The van der Waals surface area contributed by atoms with Gasteiger partial charge in [-0.3, -0.25) is 4.99 Å². The lowest BCUT2D eigenvalue weighted by Gasteiger charge is -2.22. The summed E-state index contributed by atoms with van der Waals surface area (Å²) in [6, 6.07) is 7.91. The zero-order chi connectivity index (χ0) is 17.9. The molecule has 1 aromatic carbocycles. The molecule has 2 rings (SSSR count). The molecule has 1 N–H and O–H groups in total. The molecule has 6 heteroatoms. The molecule has 5 nitrogen and oxygen atoms in total. The molecule has 0 aliphatic carbocycles. The van der Waals surface area contributed by atoms with Gasteiger partial charge in [-0.2, -0.15) is 0 Å². The van der Waals surface area contributed by atoms with Gasteiger partial charge in [0.05, 0.1) is 12.7 Å². The number of benzene rings is 1. The molecule has 0 saturated carbocycles. The topological polar surface area (TPSA) is 46.1 Å². The Balaban J connectivity index is 1.73. The maximum Gasteiger partial charge on any atom is 0.193 e. The molecule has 1 aliphatic heterocycles. The average molecular weight is 368 g/mol. The molecule has 140 valence electrons. The largest absolute Gasteiger partial charge is 0.379 e. The second kappa shape index (κ2) is 11.3. The maximum atomic E-state index is 6.25. The number of hydrogen-bond acceptors (Lipinski definition) is 3. The second-order valence-electron chi connectivity index (χ2n) is 6.25. The fourth-order valence-electron chi connectivity index (χ4n) is 2.77. The minimum Gasteiger partial charge on any atom is -0.379 e. The summed E-state index contributed by atoms with van der Waals surface area (Å²) in [6.07, 6.45) is 3.47. The van der Waals surface area contributed by atoms with Gasteiger partial charge >= 0.3 is 0 Å². The molecule has 25 heavy (non-hydrogen) atoms. The van der Waals surface area contributed by atoms with Crippen molar-refractivity contribution in [3.8, 4) is 0 Å². The molecule has 0 aromatic heterocycles. The number of rotatable bonds is 9. The molecule has 1 aromatic rings. The third kappa shape index (κ3) is 7.22. The van der Waals surface area contributed by atoms with E-state index in [-0.39, 0.29) is 0 Å². The molecule has 0 bridgehead atoms. The monoisotopic (exact) mass is 367 g/mol. The van der Waals surface area contributed by atoms with Crippen LogP contribution in [0.5, 0.6) is 0 Å². The Morgan fingerprint density at radius 2 is 2.28 bits per heavy atom. The van der Waals surface area contributed by atoms with Crippen LogP contribution in [0.1, 0.15) is 31.7 Å². The summed E-state index contributed by atoms with van der Waals surface area (Å²) in [5, 5.41) is 4.11. The summed E-state index contributed by atoms with van der Waals surface area (Å²) in [6.45, 7) is 6.67. The first-order valence-corrected chi connectivity index (χ1v) is 9.50. The number of halogens is 1. The first kappa shape index (κ1) is 20.0. The Labute approximate surface area is 156 Å². The smallest absolute Gasteiger partial charge is 0.193 e. The van der Waals surface area contributed by atoms with E-state index in [2.05, 4.69) is 22.1 Å². The number of hydrogen-bond donors (Lipinski definition) is 1. The van der Waals surface area contributed by atoms with Gasteiger partial charge in [-0.25, -0.2) is 0 Å². The van der Waals surface area contributed by atoms with Gasteiger partial charge in [-0.1, -0.05) is 29.8 Å². The average Bonchev–Trinajstić information content (AvgIpc) is 3.12. The van der Waals surface area contributed by atoms with E-state index in [1.165, 1.54) is 0 Å². The van der Waals surface area contributed by atoms with Crippen LogP contribution in [0.3, 0.4) is 0 Å². The molecular weight excluding hydrogens is 338 g/mol. The van der Waals surface area contributed by atoms with Crippen LogP contribution in [0.4, 0.5) is 0 Å². The molecule has 0 spiro atoms. The van der Waals surface area contributed by atoms with Gasteiger partial charge in [0.1, 0.15) is 0 Å². The third-order valence-corrected chi connectivity index (χ3v) is 4.47. The minimum absolute atomic E-state index is 0.294. The van der Waals surface area contributed by atoms with Gasteiger partial charge in [-0.05, 0) is 37.8 Å². The van der Waals surface area contributed by atoms with Crippen molar-refractivity contribution in [3.63, 3.8) is 0 Å². The van der Waals surface area contributed by atoms with E-state index in [1.54, 1.807) is 0 Å². The summed E-state index contributed by atoms with van der Waals surface area (Å²) >= 11 is 6.25. The molecule has 1 unspecified atom stereocenters. The summed E-state index contributed by atoms with van der Waals surface area (Å²) < 4.78 is 11.2. The molecule has 1 atom stereocenters. The van der Waals surface area contributed by atoms with Gasteiger partial charge in [0.2, 0.25) is 0 Å². The number of aliphatic imine (C=N–C) groups is 1. The number of nitrogens with one attached hydrogen (secondary N) is 1. The molecule has 0 radical (unpaired) electrons. The predicted molar refractivity (Wildman–Crippen MR) is 103 cm³/mol. The first-order chi connectivity index (χ1) is 12.2. The van der Waals surface area contributed by atoms with Crippen molar-refractivity contribution in [2.24, 2.45) is 4.99 Å². The second-order valence-corrected chi connectivity index (χ2v) is 6.65. The lowest BCUT2D eigenvalue weighted by Crippen LogP contribution is -2.38. The van der Waals surface area contributed by atoms with Crippen LogP contribution in [0.2, 0.25) is 5.02 Å². The quantitative estimate of drug-likeness (QED) is 0.413. The van der Waals surface area contributed by atoms with Crippen LogP contribution in [0, 0.1) is 0 Å². The zero-order valence-corrected chi connectivity index (χ0v) is 16.1. The fourth-order valence-corrected chi connectivity index (χ4v) is 2.96. The van der Waals surface area contributed by atoms with Gasteiger partial charge in [-0.15, -0.1) is 0 Å². The van der Waals surface area contributed by atoms with E-state index in [4.69, 9.17) is 21.1 Å². The Morgan fingerprint density at radius 3 is 3.00 bits per heavy atom. The van der Waals surface area contributed by atoms with E-state index in [0.29, 0.717) is 12.7 Å². The lowest BCUT2D eigenvalue weighted by molar-refractivity contribution is 0.0170. The Kier molecular flexibility index (Phi) is 9.08. The van der Waals surface area contributed by atoms with Crippen LogP contribution in [-0.4, -0.2) is 56.9 Å². The SMILES string of the molecule is CCNC(=NCCCOCC1CCCO1)N(C)Cc1ccccc1Cl.